The van der Waals surface area contributed by atoms with Crippen molar-refractivity contribution in [2.45, 2.75) is 26.1 Å². The zero-order chi connectivity index (χ0) is 12.8. The molecule has 5 heteroatoms. The van der Waals surface area contributed by atoms with Gasteiger partial charge in [0, 0.05) is 10.6 Å². The molecule has 0 N–H and O–H groups in total. The summed E-state index contributed by atoms with van der Waals surface area (Å²) < 4.78 is 42.5. The molecule has 92 valence electrons. The Labute approximate surface area is 102 Å². The van der Waals surface area contributed by atoms with E-state index in [9.17, 15) is 13.2 Å². The van der Waals surface area contributed by atoms with Gasteiger partial charge >= 0.3 is 6.18 Å². The molecule has 1 heterocycles. The molecule has 17 heavy (non-hydrogen) atoms. The first kappa shape index (κ1) is 12.3. The van der Waals surface area contributed by atoms with Gasteiger partial charge in [-0.25, -0.2) is 0 Å². The Morgan fingerprint density at radius 1 is 1.29 bits per heavy atom. The Kier molecular flexibility index (Phi) is 2.86. The highest BCUT2D eigenvalue weighted by atomic mass is 35.5. The van der Waals surface area contributed by atoms with E-state index in [0.29, 0.717) is 16.1 Å². The number of benzene rings is 1. The van der Waals surface area contributed by atoms with Gasteiger partial charge < -0.3 is 4.74 Å². The van der Waals surface area contributed by atoms with Crippen LogP contribution in [0.2, 0.25) is 5.02 Å². The Hall–Kier alpha value is -1.16. The minimum atomic E-state index is -4.39. The van der Waals surface area contributed by atoms with Gasteiger partial charge in [0.05, 0.1) is 0 Å². The van der Waals surface area contributed by atoms with Crippen LogP contribution in [0.4, 0.5) is 13.2 Å². The van der Waals surface area contributed by atoms with Crippen molar-refractivity contribution in [3.63, 3.8) is 0 Å². The highest BCUT2D eigenvalue weighted by Crippen LogP contribution is 2.38. The highest BCUT2D eigenvalue weighted by Gasteiger charge is 2.41. The van der Waals surface area contributed by atoms with Crippen molar-refractivity contribution < 1.29 is 17.9 Å². The third-order valence-corrected chi connectivity index (χ3v) is 3.29. The molecule has 1 aromatic carbocycles. The van der Waals surface area contributed by atoms with E-state index in [1.807, 2.05) is 0 Å². The van der Waals surface area contributed by atoms with E-state index >= 15 is 0 Å². The number of hydrogen-bond donors (Lipinski definition) is 0. The van der Waals surface area contributed by atoms with Gasteiger partial charge in [0.2, 0.25) is 6.10 Å². The summed E-state index contributed by atoms with van der Waals surface area (Å²) in [7, 11) is 0. The SMILES string of the molecule is Cc1cc2c(c(C)c1Cl)C=C[C@@H](C(F)(F)F)O2. The molecule has 0 radical (unpaired) electrons. The lowest BCUT2D eigenvalue weighted by Gasteiger charge is -2.25. The van der Waals surface area contributed by atoms with E-state index in [-0.39, 0.29) is 5.75 Å². The van der Waals surface area contributed by atoms with Gasteiger partial charge in [0.15, 0.2) is 0 Å². The monoisotopic (exact) mass is 262 g/mol. The normalized spacial score (nSPS) is 18.8. The second kappa shape index (κ2) is 3.95. The van der Waals surface area contributed by atoms with Crippen LogP contribution in [-0.2, 0) is 0 Å². The van der Waals surface area contributed by atoms with Gasteiger partial charge in [0.1, 0.15) is 5.75 Å². The van der Waals surface area contributed by atoms with E-state index in [1.54, 1.807) is 13.8 Å². The lowest BCUT2D eigenvalue weighted by Crippen LogP contribution is -2.34. The van der Waals surface area contributed by atoms with Gasteiger partial charge in [-0.2, -0.15) is 13.2 Å². The molecule has 1 aliphatic heterocycles. The zero-order valence-electron chi connectivity index (χ0n) is 9.23. The lowest BCUT2D eigenvalue weighted by molar-refractivity contribution is -0.180. The molecule has 0 saturated carbocycles. The molecule has 1 aromatic rings. The number of ether oxygens (including phenoxy) is 1. The van der Waals surface area contributed by atoms with Crippen molar-refractivity contribution in [1.29, 1.82) is 0 Å². The third-order valence-electron chi connectivity index (χ3n) is 2.71. The fourth-order valence-electron chi connectivity index (χ4n) is 1.78. The molecule has 0 spiro atoms. The van der Waals surface area contributed by atoms with Crippen LogP contribution in [0.15, 0.2) is 12.1 Å². The summed E-state index contributed by atoms with van der Waals surface area (Å²) >= 11 is 6.03. The fourth-order valence-corrected chi connectivity index (χ4v) is 1.93. The first-order valence-electron chi connectivity index (χ1n) is 5.02. The molecule has 0 saturated heterocycles. The van der Waals surface area contributed by atoms with Crippen molar-refractivity contribution >= 4 is 17.7 Å². The summed E-state index contributed by atoms with van der Waals surface area (Å²) in [5.41, 5.74) is 2.05. The Morgan fingerprint density at radius 2 is 1.94 bits per heavy atom. The number of fused-ring (bicyclic) bond motifs is 1. The highest BCUT2D eigenvalue weighted by molar-refractivity contribution is 6.32. The van der Waals surface area contributed by atoms with Crippen LogP contribution in [0, 0.1) is 13.8 Å². The predicted molar refractivity (Wildman–Crippen MR) is 60.4 cm³/mol. The van der Waals surface area contributed by atoms with E-state index < -0.39 is 12.3 Å². The summed E-state index contributed by atoms with van der Waals surface area (Å²) in [4.78, 5) is 0. The van der Waals surface area contributed by atoms with Crippen LogP contribution >= 0.6 is 11.6 Å². The Balaban J connectivity index is 2.47. The van der Waals surface area contributed by atoms with Crippen molar-refractivity contribution in [2.75, 3.05) is 0 Å². The molecular weight excluding hydrogens is 253 g/mol. The summed E-state index contributed by atoms with van der Waals surface area (Å²) in [6, 6.07) is 1.53. The second-order valence-corrected chi connectivity index (χ2v) is 4.36. The zero-order valence-corrected chi connectivity index (χ0v) is 9.99. The van der Waals surface area contributed by atoms with Crippen LogP contribution in [0.25, 0.3) is 6.08 Å². The average molecular weight is 263 g/mol. The molecule has 0 amide bonds. The molecule has 0 bridgehead atoms. The summed E-state index contributed by atoms with van der Waals surface area (Å²) in [6.45, 7) is 3.50. The van der Waals surface area contributed by atoms with Gasteiger partial charge in [0.25, 0.3) is 0 Å². The number of aryl methyl sites for hydroxylation is 1. The average Bonchev–Trinajstić information content (AvgIpc) is 2.24. The van der Waals surface area contributed by atoms with E-state index in [2.05, 4.69) is 0 Å². The summed E-state index contributed by atoms with van der Waals surface area (Å²) in [6.07, 6.45) is -3.86. The molecule has 0 fully saturated rings. The second-order valence-electron chi connectivity index (χ2n) is 3.98. The van der Waals surface area contributed by atoms with Crippen LogP contribution < -0.4 is 4.74 Å². The van der Waals surface area contributed by atoms with Crippen molar-refractivity contribution in [1.82, 2.24) is 0 Å². The smallest absolute Gasteiger partial charge is 0.429 e. The Morgan fingerprint density at radius 3 is 2.53 bits per heavy atom. The van der Waals surface area contributed by atoms with E-state index in [4.69, 9.17) is 16.3 Å². The van der Waals surface area contributed by atoms with Crippen molar-refractivity contribution in [3.05, 3.63) is 33.9 Å². The maximum Gasteiger partial charge on any atom is 0.429 e. The summed E-state index contributed by atoms with van der Waals surface area (Å²) in [5, 5.41) is 0.558. The van der Waals surface area contributed by atoms with Gasteiger partial charge in [-0.3, -0.25) is 0 Å². The van der Waals surface area contributed by atoms with Crippen molar-refractivity contribution in [3.8, 4) is 5.75 Å². The first-order chi connectivity index (χ1) is 7.80. The number of rotatable bonds is 0. The Bertz CT molecular complexity index is 492. The maximum atomic E-state index is 12.5. The minimum absolute atomic E-state index is 0.231. The van der Waals surface area contributed by atoms with Gasteiger partial charge in [-0.1, -0.05) is 17.7 Å². The third kappa shape index (κ3) is 2.14. The van der Waals surface area contributed by atoms with Gasteiger partial charge in [-0.15, -0.1) is 0 Å². The number of alkyl halides is 3. The predicted octanol–water partition coefficient (Wildman–Crippen LogP) is 4.29. The molecular formula is C12H10ClF3O. The topological polar surface area (TPSA) is 9.23 Å². The van der Waals surface area contributed by atoms with Crippen LogP contribution in [0.1, 0.15) is 16.7 Å². The van der Waals surface area contributed by atoms with Crippen LogP contribution in [0.3, 0.4) is 0 Å². The molecule has 0 aromatic heterocycles. The van der Waals surface area contributed by atoms with E-state index in [0.717, 1.165) is 11.6 Å². The molecule has 0 aliphatic carbocycles. The number of hydrogen-bond acceptors (Lipinski definition) is 1. The standard InChI is InChI=1S/C12H10ClF3O/c1-6-5-9-8(7(2)11(6)13)3-4-10(17-9)12(14,15)16/h3-5,10H,1-2H3/t10-/m0/s1. The molecule has 1 nitrogen and oxygen atoms in total. The van der Waals surface area contributed by atoms with Crippen LogP contribution in [0.5, 0.6) is 5.75 Å². The largest absolute Gasteiger partial charge is 0.476 e. The molecule has 0 unspecified atom stereocenters. The van der Waals surface area contributed by atoms with Crippen molar-refractivity contribution in [2.24, 2.45) is 0 Å². The fraction of sp³-hybridized carbons (Fsp3) is 0.333. The minimum Gasteiger partial charge on any atom is -0.476 e. The van der Waals surface area contributed by atoms with Gasteiger partial charge in [-0.05, 0) is 37.1 Å². The molecule has 1 atom stereocenters. The lowest BCUT2D eigenvalue weighted by atomic mass is 10.0. The molecule has 1 aliphatic rings. The number of halogens is 4. The summed E-state index contributed by atoms with van der Waals surface area (Å²) in [5.74, 6) is 0.231. The first-order valence-corrected chi connectivity index (χ1v) is 5.40. The van der Waals surface area contributed by atoms with Crippen LogP contribution in [-0.4, -0.2) is 12.3 Å². The van der Waals surface area contributed by atoms with E-state index in [1.165, 1.54) is 12.1 Å². The quantitative estimate of drug-likeness (QED) is 0.678. The molecule has 2 rings (SSSR count). The maximum absolute atomic E-state index is 12.5.